The Kier molecular flexibility index (Phi) is 7.38. The van der Waals surface area contributed by atoms with Crippen LogP contribution in [0.25, 0.3) is 154 Å². The molecule has 0 aliphatic carbocycles. The zero-order valence-corrected chi connectivity index (χ0v) is 38.5. The molecule has 0 bridgehead atoms. The zero-order valence-electron chi connectivity index (χ0n) is 38.5. The van der Waals surface area contributed by atoms with Crippen molar-refractivity contribution in [3.8, 4) is 22.7 Å². The van der Waals surface area contributed by atoms with E-state index in [9.17, 15) is 0 Å². The average molecular weight is 919 g/mol. The summed E-state index contributed by atoms with van der Waals surface area (Å²) in [6, 6.07) is 83.1. The van der Waals surface area contributed by atoms with Crippen LogP contribution >= 0.6 is 0 Å². The van der Waals surface area contributed by atoms with Crippen LogP contribution in [0.1, 0.15) is 0 Å². The highest BCUT2D eigenvalue weighted by Gasteiger charge is 2.30. The Morgan fingerprint density at radius 1 is 0.208 bits per heavy atom. The summed E-state index contributed by atoms with van der Waals surface area (Å²) in [5, 5.41) is 13.7. The second-order valence-corrected chi connectivity index (χ2v) is 19.1. The van der Waals surface area contributed by atoms with E-state index in [-0.39, 0.29) is 0 Å². The molecule has 0 fully saturated rings. The van der Waals surface area contributed by atoms with Gasteiger partial charge < -0.3 is 27.1 Å². The second-order valence-electron chi connectivity index (χ2n) is 19.1. The third kappa shape index (κ3) is 4.78. The van der Waals surface area contributed by atoms with Crippen LogP contribution in [0.15, 0.2) is 239 Å². The van der Waals surface area contributed by atoms with Crippen molar-refractivity contribution >= 4 is 131 Å². The van der Waals surface area contributed by atoms with Gasteiger partial charge in [-0.1, -0.05) is 146 Å². The maximum absolute atomic E-state index is 7.07. The van der Waals surface area contributed by atoms with Gasteiger partial charge in [-0.15, -0.1) is 0 Å². The number of rotatable bonds is 4. The van der Waals surface area contributed by atoms with Crippen LogP contribution in [0.4, 0.5) is 0 Å². The third-order valence-electron chi connectivity index (χ3n) is 15.5. The molecule has 17 aromatic rings. The molecule has 0 atom stereocenters. The number of fused-ring (bicyclic) bond motifs is 24. The molecule has 17 rings (SSSR count). The SMILES string of the molecule is c1ccc(-n2c3ccccc3c3c4oc5ccccc5c4c4c(c5ccccc5n4-c4ccc(-n5c6ccccc6c6c7c(c8ccccc8n7-c7ccccc7)c7oc8ccccc8c7c65)cc4)c32)cc1. The number of hydrogen-bond donors (Lipinski definition) is 0. The molecular weight excluding hydrogens is 881 g/mol. The van der Waals surface area contributed by atoms with Gasteiger partial charge in [0.25, 0.3) is 0 Å². The Morgan fingerprint density at radius 2 is 0.458 bits per heavy atom. The summed E-state index contributed by atoms with van der Waals surface area (Å²) in [7, 11) is 0. The van der Waals surface area contributed by atoms with Gasteiger partial charge in [0.05, 0.1) is 65.7 Å². The first-order valence-corrected chi connectivity index (χ1v) is 24.6. The molecule has 0 spiro atoms. The van der Waals surface area contributed by atoms with Crippen molar-refractivity contribution in [2.24, 2.45) is 0 Å². The van der Waals surface area contributed by atoms with E-state index >= 15 is 0 Å². The fraction of sp³-hybridized carbons (Fsp3) is 0. The molecule has 72 heavy (non-hydrogen) atoms. The summed E-state index contributed by atoms with van der Waals surface area (Å²) < 4.78 is 24.0. The van der Waals surface area contributed by atoms with Crippen molar-refractivity contribution in [2.75, 3.05) is 0 Å². The van der Waals surface area contributed by atoms with Gasteiger partial charge in [-0.2, -0.15) is 0 Å². The van der Waals surface area contributed by atoms with E-state index < -0.39 is 0 Å². The minimum Gasteiger partial charge on any atom is -0.455 e. The maximum atomic E-state index is 7.07. The average Bonchev–Trinajstić information content (AvgIpc) is 4.29. The van der Waals surface area contributed by atoms with Crippen molar-refractivity contribution in [1.82, 2.24) is 18.3 Å². The lowest BCUT2D eigenvalue weighted by Crippen LogP contribution is -1.98. The smallest absolute Gasteiger partial charge is 0.147 e. The Morgan fingerprint density at radius 3 is 0.806 bits per heavy atom. The Balaban J connectivity index is 1.01. The highest BCUT2D eigenvalue weighted by atomic mass is 16.3. The van der Waals surface area contributed by atoms with E-state index in [1.54, 1.807) is 0 Å². The van der Waals surface area contributed by atoms with Gasteiger partial charge >= 0.3 is 0 Å². The first kappa shape index (κ1) is 38.1. The highest BCUT2D eigenvalue weighted by Crippen LogP contribution is 2.52. The van der Waals surface area contributed by atoms with Crippen LogP contribution in [0.2, 0.25) is 0 Å². The topological polar surface area (TPSA) is 46.0 Å². The number of hydrogen-bond acceptors (Lipinski definition) is 2. The third-order valence-corrected chi connectivity index (χ3v) is 15.5. The van der Waals surface area contributed by atoms with Gasteiger partial charge in [-0.05, 0) is 84.9 Å². The Labute approximate surface area is 409 Å². The van der Waals surface area contributed by atoms with Crippen LogP contribution < -0.4 is 0 Å². The van der Waals surface area contributed by atoms with E-state index in [1.165, 1.54) is 21.5 Å². The first-order chi connectivity index (χ1) is 35.8. The predicted octanol–water partition coefficient (Wildman–Crippen LogP) is 17.9. The fourth-order valence-corrected chi connectivity index (χ4v) is 12.7. The number of para-hydroxylation sites is 8. The summed E-state index contributed by atoms with van der Waals surface area (Å²) in [6.07, 6.45) is 0. The first-order valence-electron chi connectivity index (χ1n) is 24.6. The van der Waals surface area contributed by atoms with Gasteiger partial charge in [0.2, 0.25) is 0 Å². The highest BCUT2D eigenvalue weighted by molar-refractivity contribution is 6.40. The van der Waals surface area contributed by atoms with Crippen molar-refractivity contribution in [2.45, 2.75) is 0 Å². The van der Waals surface area contributed by atoms with Gasteiger partial charge in [-0.3, -0.25) is 0 Å². The molecule has 6 aromatic heterocycles. The lowest BCUT2D eigenvalue weighted by molar-refractivity contribution is 0.672. The maximum Gasteiger partial charge on any atom is 0.147 e. The van der Waals surface area contributed by atoms with Gasteiger partial charge in [0, 0.05) is 65.8 Å². The Hall–Kier alpha value is -9.78. The molecule has 11 aromatic carbocycles. The van der Waals surface area contributed by atoms with Crippen LogP contribution in [-0.4, -0.2) is 18.3 Å². The van der Waals surface area contributed by atoms with Gasteiger partial charge in [0.15, 0.2) is 0 Å². The molecule has 0 saturated carbocycles. The molecule has 0 N–H and O–H groups in total. The van der Waals surface area contributed by atoms with Crippen LogP contribution in [0, 0.1) is 0 Å². The number of aromatic nitrogens is 4. The number of benzene rings is 11. The minimum atomic E-state index is 0.870. The van der Waals surface area contributed by atoms with E-state index in [0.29, 0.717) is 0 Å². The minimum absolute atomic E-state index is 0.870. The molecule has 6 nitrogen and oxygen atoms in total. The van der Waals surface area contributed by atoms with Crippen molar-refractivity contribution < 1.29 is 8.83 Å². The molecule has 0 aliphatic heterocycles. The molecule has 0 radical (unpaired) electrons. The lowest BCUT2D eigenvalue weighted by atomic mass is 10.0. The van der Waals surface area contributed by atoms with Crippen LogP contribution in [0.5, 0.6) is 0 Å². The van der Waals surface area contributed by atoms with E-state index in [1.807, 2.05) is 0 Å². The number of nitrogens with zero attached hydrogens (tertiary/aromatic N) is 4. The summed E-state index contributed by atoms with van der Waals surface area (Å²) in [6.45, 7) is 0. The van der Waals surface area contributed by atoms with Crippen LogP contribution in [-0.2, 0) is 0 Å². The molecule has 0 saturated heterocycles. The fourth-order valence-electron chi connectivity index (χ4n) is 12.7. The van der Waals surface area contributed by atoms with E-state index in [4.69, 9.17) is 8.83 Å². The quantitative estimate of drug-likeness (QED) is 0.177. The summed E-state index contributed by atoms with van der Waals surface area (Å²) >= 11 is 0. The summed E-state index contributed by atoms with van der Waals surface area (Å²) in [5.74, 6) is 0. The van der Waals surface area contributed by atoms with Gasteiger partial charge in [0.1, 0.15) is 22.3 Å². The molecule has 0 unspecified atom stereocenters. The van der Waals surface area contributed by atoms with Crippen molar-refractivity contribution in [3.05, 3.63) is 231 Å². The van der Waals surface area contributed by atoms with Crippen LogP contribution in [0.3, 0.4) is 0 Å². The Bertz CT molecular complexity index is 4810. The largest absolute Gasteiger partial charge is 0.455 e. The standard InChI is InChI=1S/C66H38N4O2/c1-3-19-39(20-4-1)67-51-31-15-9-25-45(51)57-61(67)55-43-23-7-13-29-49(43)69(63(55)59-47-27-11-17-33-53(47)71-65(57)59)41-35-37-42(38-36-41)70-50-30-14-8-24-44(50)56-62-58(66-60(64(56)70)48-28-12-18-34-54(48)72-66)46-26-10-16-32-52(46)68(62)40-21-5-2-6-22-40/h1-38H. The van der Waals surface area contributed by atoms with E-state index in [0.717, 1.165) is 132 Å². The molecule has 0 amide bonds. The monoisotopic (exact) mass is 918 g/mol. The zero-order chi connectivity index (χ0) is 46.8. The van der Waals surface area contributed by atoms with Crippen molar-refractivity contribution in [3.63, 3.8) is 0 Å². The molecule has 0 aliphatic rings. The number of furan rings is 2. The molecule has 334 valence electrons. The molecular formula is C66H38N4O2. The van der Waals surface area contributed by atoms with E-state index in [2.05, 4.69) is 249 Å². The lowest BCUT2D eigenvalue weighted by Gasteiger charge is -2.14. The summed E-state index contributed by atoms with van der Waals surface area (Å²) in [5.41, 5.74) is 16.9. The molecule has 6 heterocycles. The van der Waals surface area contributed by atoms with Crippen molar-refractivity contribution in [1.29, 1.82) is 0 Å². The second kappa shape index (κ2) is 13.9. The molecule has 6 heteroatoms. The summed E-state index contributed by atoms with van der Waals surface area (Å²) in [4.78, 5) is 0. The normalized spacial score (nSPS) is 12.4. The van der Waals surface area contributed by atoms with Gasteiger partial charge in [-0.25, -0.2) is 0 Å². The predicted molar refractivity (Wildman–Crippen MR) is 298 cm³/mol.